The fourth-order valence-corrected chi connectivity index (χ4v) is 5.65. The molecule has 0 spiro atoms. The van der Waals surface area contributed by atoms with Gasteiger partial charge < -0.3 is 9.47 Å². The summed E-state index contributed by atoms with van der Waals surface area (Å²) < 4.78 is 31.3. The number of piperidine rings is 1. The molecule has 2 aliphatic heterocycles. The van der Waals surface area contributed by atoms with Gasteiger partial charge in [-0.15, -0.1) is 0 Å². The summed E-state index contributed by atoms with van der Waals surface area (Å²) in [5.74, 6) is 1.24. The molecule has 2 aliphatic rings. The Hall–Kier alpha value is -0.960. The average Bonchev–Trinajstić information content (AvgIpc) is 3.27. The van der Waals surface area contributed by atoms with E-state index in [9.17, 15) is 8.42 Å². The van der Waals surface area contributed by atoms with Gasteiger partial charge in [0.15, 0.2) is 0 Å². The molecule has 0 amide bonds. The van der Waals surface area contributed by atoms with Crippen molar-refractivity contribution in [2.45, 2.75) is 44.6 Å². The molecule has 1 aromatic heterocycles. The van der Waals surface area contributed by atoms with Crippen molar-refractivity contribution in [1.29, 1.82) is 0 Å². The van der Waals surface area contributed by atoms with E-state index in [1.165, 1.54) is 0 Å². The van der Waals surface area contributed by atoms with Crippen molar-refractivity contribution in [3.8, 4) is 0 Å². The Morgan fingerprint density at radius 2 is 1.88 bits per heavy atom. The molecule has 0 aliphatic carbocycles. The molecule has 7 nitrogen and oxygen atoms in total. The second-order valence-corrected chi connectivity index (χ2v) is 9.38. The fraction of sp³-hybridized carbons (Fsp3) is 0.824. The van der Waals surface area contributed by atoms with Crippen molar-refractivity contribution in [2.75, 3.05) is 46.8 Å². The van der Waals surface area contributed by atoms with Gasteiger partial charge in [-0.3, -0.25) is 0 Å². The predicted octanol–water partition coefficient (Wildman–Crippen LogP) is 1.35. The van der Waals surface area contributed by atoms with Crippen LogP contribution < -0.4 is 0 Å². The molecule has 8 heteroatoms. The second-order valence-electron chi connectivity index (χ2n) is 7.45. The van der Waals surface area contributed by atoms with Gasteiger partial charge in [-0.05, 0) is 52.7 Å². The highest BCUT2D eigenvalue weighted by Gasteiger charge is 2.36. The molecule has 1 atom stereocenters. The summed E-state index contributed by atoms with van der Waals surface area (Å²) >= 11 is 0. The van der Waals surface area contributed by atoms with Crippen LogP contribution >= 0.6 is 0 Å². The molecule has 142 valence electrons. The van der Waals surface area contributed by atoms with Crippen LogP contribution in [0.5, 0.6) is 0 Å². The molecule has 3 heterocycles. The minimum absolute atomic E-state index is 0.195. The van der Waals surface area contributed by atoms with Gasteiger partial charge in [0.2, 0.25) is 0 Å². The number of nitrogens with zero attached hydrogens (tertiary/aromatic N) is 5. The van der Waals surface area contributed by atoms with Crippen molar-refractivity contribution >= 4 is 10.2 Å². The van der Waals surface area contributed by atoms with Gasteiger partial charge >= 0.3 is 0 Å². The second kappa shape index (κ2) is 8.16. The molecule has 1 unspecified atom stereocenters. The Kier molecular flexibility index (Phi) is 6.14. The lowest BCUT2D eigenvalue weighted by Gasteiger charge is -2.34. The maximum absolute atomic E-state index is 12.9. The van der Waals surface area contributed by atoms with Crippen LogP contribution in [0.4, 0.5) is 0 Å². The van der Waals surface area contributed by atoms with E-state index in [-0.39, 0.29) is 5.92 Å². The van der Waals surface area contributed by atoms with Gasteiger partial charge in [-0.1, -0.05) is 0 Å². The molecule has 2 fully saturated rings. The molecule has 0 aromatic carbocycles. The first-order chi connectivity index (χ1) is 12.0. The van der Waals surface area contributed by atoms with Crippen LogP contribution in [0.1, 0.15) is 43.8 Å². The minimum atomic E-state index is -3.30. The zero-order chi connectivity index (χ0) is 17.9. The van der Waals surface area contributed by atoms with Gasteiger partial charge in [0.1, 0.15) is 5.82 Å². The standard InChI is InChI=1S/C17H31N5O2S/c1-19(2)9-6-10-20-14-8-18-17(20)16-7-5-13-22(15-16)25(23,24)21-11-3-4-12-21/h8,14,16H,3-7,9-13,15H2,1-2H3. The molecule has 3 rings (SSSR count). The maximum Gasteiger partial charge on any atom is 0.281 e. The van der Waals surface area contributed by atoms with Gasteiger partial charge in [-0.25, -0.2) is 4.98 Å². The SMILES string of the molecule is CN(C)CCCn1ccnc1C1CCCN(S(=O)(=O)N2CCCC2)C1. The van der Waals surface area contributed by atoms with E-state index in [2.05, 4.69) is 28.5 Å². The van der Waals surface area contributed by atoms with Crippen LogP contribution in [0.3, 0.4) is 0 Å². The first-order valence-electron chi connectivity index (χ1n) is 9.39. The van der Waals surface area contributed by atoms with E-state index in [0.717, 1.165) is 51.0 Å². The highest BCUT2D eigenvalue weighted by atomic mass is 32.2. The summed E-state index contributed by atoms with van der Waals surface area (Å²) in [4.78, 5) is 6.75. The number of hydrogen-bond acceptors (Lipinski definition) is 4. The van der Waals surface area contributed by atoms with Gasteiger partial charge in [0.25, 0.3) is 10.2 Å². The van der Waals surface area contributed by atoms with Gasteiger partial charge in [0.05, 0.1) is 0 Å². The molecular weight excluding hydrogens is 338 g/mol. The van der Waals surface area contributed by atoms with E-state index < -0.39 is 10.2 Å². The van der Waals surface area contributed by atoms with Crippen LogP contribution in [-0.2, 0) is 16.8 Å². The molecule has 2 saturated heterocycles. The molecule has 0 radical (unpaired) electrons. The topological polar surface area (TPSA) is 61.7 Å². The minimum Gasteiger partial charge on any atom is -0.335 e. The molecule has 0 bridgehead atoms. The molecule has 0 saturated carbocycles. The van der Waals surface area contributed by atoms with Crippen molar-refractivity contribution < 1.29 is 8.42 Å². The third kappa shape index (κ3) is 4.42. The Balaban J connectivity index is 1.66. The predicted molar refractivity (Wildman–Crippen MR) is 98.7 cm³/mol. The lowest BCUT2D eigenvalue weighted by atomic mass is 9.99. The normalized spacial score (nSPS) is 23.6. The molecule has 0 N–H and O–H groups in total. The van der Waals surface area contributed by atoms with E-state index in [1.807, 2.05) is 12.4 Å². The zero-order valence-electron chi connectivity index (χ0n) is 15.5. The lowest BCUT2D eigenvalue weighted by Crippen LogP contribution is -2.46. The van der Waals surface area contributed by atoms with E-state index in [4.69, 9.17) is 0 Å². The van der Waals surface area contributed by atoms with E-state index in [1.54, 1.807) is 8.61 Å². The molecule has 25 heavy (non-hydrogen) atoms. The molecular formula is C17H31N5O2S. The quantitative estimate of drug-likeness (QED) is 0.728. The van der Waals surface area contributed by atoms with Crippen molar-refractivity contribution in [1.82, 2.24) is 23.1 Å². The van der Waals surface area contributed by atoms with Gasteiger partial charge in [-0.2, -0.15) is 17.0 Å². The third-order valence-corrected chi connectivity index (χ3v) is 7.22. The highest BCUT2D eigenvalue weighted by Crippen LogP contribution is 2.29. The summed E-state index contributed by atoms with van der Waals surface area (Å²) in [6.45, 7) is 4.51. The average molecular weight is 370 g/mol. The van der Waals surface area contributed by atoms with E-state index >= 15 is 0 Å². The Bertz CT molecular complexity index is 652. The summed E-state index contributed by atoms with van der Waals surface area (Å²) in [6.07, 6.45) is 8.81. The number of hydrogen-bond donors (Lipinski definition) is 0. The van der Waals surface area contributed by atoms with Crippen LogP contribution in [0.25, 0.3) is 0 Å². The first-order valence-corrected chi connectivity index (χ1v) is 10.8. The molecule has 1 aromatic rings. The van der Waals surface area contributed by atoms with Crippen molar-refractivity contribution in [2.24, 2.45) is 0 Å². The Morgan fingerprint density at radius 3 is 2.60 bits per heavy atom. The Labute approximate surface area is 151 Å². The summed E-state index contributed by atoms with van der Waals surface area (Å²) in [5.41, 5.74) is 0. The first kappa shape index (κ1) is 18.8. The van der Waals surface area contributed by atoms with Crippen LogP contribution in [-0.4, -0.2) is 78.3 Å². The fourth-order valence-electron chi connectivity index (χ4n) is 3.87. The summed E-state index contributed by atoms with van der Waals surface area (Å²) in [7, 11) is 0.857. The van der Waals surface area contributed by atoms with Crippen molar-refractivity contribution in [3.05, 3.63) is 18.2 Å². The van der Waals surface area contributed by atoms with Crippen LogP contribution in [0, 0.1) is 0 Å². The number of aromatic nitrogens is 2. The third-order valence-electron chi connectivity index (χ3n) is 5.22. The summed E-state index contributed by atoms with van der Waals surface area (Å²) in [5, 5.41) is 0. The summed E-state index contributed by atoms with van der Waals surface area (Å²) in [6, 6.07) is 0. The van der Waals surface area contributed by atoms with E-state index in [0.29, 0.717) is 26.2 Å². The van der Waals surface area contributed by atoms with Crippen LogP contribution in [0.15, 0.2) is 12.4 Å². The number of aryl methyl sites for hydroxylation is 1. The highest BCUT2D eigenvalue weighted by molar-refractivity contribution is 7.86. The monoisotopic (exact) mass is 369 g/mol. The number of imidazole rings is 1. The van der Waals surface area contributed by atoms with Gasteiger partial charge in [0, 0.05) is 51.0 Å². The zero-order valence-corrected chi connectivity index (χ0v) is 16.3. The smallest absolute Gasteiger partial charge is 0.281 e. The largest absolute Gasteiger partial charge is 0.335 e. The van der Waals surface area contributed by atoms with Crippen LogP contribution in [0.2, 0.25) is 0 Å². The lowest BCUT2D eigenvalue weighted by molar-refractivity contribution is 0.283. The maximum atomic E-state index is 12.9. The van der Waals surface area contributed by atoms with Crippen molar-refractivity contribution in [3.63, 3.8) is 0 Å². The Morgan fingerprint density at radius 1 is 1.16 bits per heavy atom. The number of rotatable bonds is 7.